The molecule has 1 aromatic carbocycles. The minimum atomic E-state index is 0.0844. The van der Waals surface area contributed by atoms with E-state index in [1.54, 1.807) is 0 Å². The molecule has 0 aromatic heterocycles. The molecule has 2 N–H and O–H groups in total. The number of hydrogen-bond acceptors (Lipinski definition) is 3. The number of anilines is 1. The number of carbonyl (C=O) groups excluding carboxylic acids is 1. The highest BCUT2D eigenvalue weighted by molar-refractivity contribution is 5.92. The zero-order valence-electron chi connectivity index (χ0n) is 12.3. The quantitative estimate of drug-likeness (QED) is 0.869. The zero-order valence-corrected chi connectivity index (χ0v) is 12.3. The van der Waals surface area contributed by atoms with Crippen LogP contribution in [0.3, 0.4) is 0 Å². The third kappa shape index (κ3) is 4.62. The van der Waals surface area contributed by atoms with Crippen molar-refractivity contribution in [1.82, 2.24) is 5.32 Å². The van der Waals surface area contributed by atoms with E-state index in [-0.39, 0.29) is 11.8 Å². The van der Waals surface area contributed by atoms with Crippen LogP contribution in [0.4, 0.5) is 5.69 Å². The predicted octanol–water partition coefficient (Wildman–Crippen LogP) is 2.55. The van der Waals surface area contributed by atoms with Crippen molar-refractivity contribution in [3.05, 3.63) is 29.8 Å². The molecule has 1 saturated heterocycles. The molecule has 0 saturated carbocycles. The SMILES string of the molecule is CC(C)NCc1cccc(NC(=O)C2CCOCC2)c1. The summed E-state index contributed by atoms with van der Waals surface area (Å²) >= 11 is 0. The first kappa shape index (κ1) is 15.0. The van der Waals surface area contributed by atoms with Crippen molar-refractivity contribution in [2.24, 2.45) is 5.92 Å². The molecule has 110 valence electrons. The first-order valence-electron chi connectivity index (χ1n) is 7.36. The van der Waals surface area contributed by atoms with Gasteiger partial charge in [0.1, 0.15) is 0 Å². The van der Waals surface area contributed by atoms with Crippen LogP contribution in [0.5, 0.6) is 0 Å². The standard InChI is InChI=1S/C16H24N2O2/c1-12(2)17-11-13-4-3-5-15(10-13)18-16(19)14-6-8-20-9-7-14/h3-5,10,12,14,17H,6-9,11H2,1-2H3,(H,18,19). The van der Waals surface area contributed by atoms with Gasteiger partial charge in [0.2, 0.25) is 5.91 Å². The van der Waals surface area contributed by atoms with Crippen LogP contribution in [0.2, 0.25) is 0 Å². The van der Waals surface area contributed by atoms with E-state index in [0.29, 0.717) is 19.3 Å². The Morgan fingerprint density at radius 1 is 1.35 bits per heavy atom. The van der Waals surface area contributed by atoms with Gasteiger partial charge >= 0.3 is 0 Å². The average Bonchev–Trinajstić information content (AvgIpc) is 2.46. The van der Waals surface area contributed by atoms with Crippen molar-refractivity contribution >= 4 is 11.6 Å². The number of hydrogen-bond donors (Lipinski definition) is 2. The Morgan fingerprint density at radius 2 is 2.10 bits per heavy atom. The van der Waals surface area contributed by atoms with E-state index in [0.717, 1.165) is 25.1 Å². The van der Waals surface area contributed by atoms with Crippen molar-refractivity contribution in [3.63, 3.8) is 0 Å². The summed E-state index contributed by atoms with van der Waals surface area (Å²) in [4.78, 5) is 12.2. The normalized spacial score (nSPS) is 16.4. The fourth-order valence-corrected chi connectivity index (χ4v) is 2.29. The van der Waals surface area contributed by atoms with Crippen LogP contribution in [0.15, 0.2) is 24.3 Å². The van der Waals surface area contributed by atoms with Gasteiger partial charge in [-0.1, -0.05) is 26.0 Å². The zero-order chi connectivity index (χ0) is 14.4. The lowest BCUT2D eigenvalue weighted by atomic mass is 9.99. The molecule has 0 spiro atoms. The molecule has 0 bridgehead atoms. The van der Waals surface area contributed by atoms with Gasteiger partial charge in [0.05, 0.1) is 0 Å². The molecule has 2 rings (SSSR count). The van der Waals surface area contributed by atoms with Gasteiger partial charge in [-0.2, -0.15) is 0 Å². The highest BCUT2D eigenvalue weighted by atomic mass is 16.5. The fraction of sp³-hybridized carbons (Fsp3) is 0.562. The molecule has 1 amide bonds. The summed E-state index contributed by atoms with van der Waals surface area (Å²) in [5.74, 6) is 0.198. The summed E-state index contributed by atoms with van der Waals surface area (Å²) in [6.45, 7) is 6.44. The van der Waals surface area contributed by atoms with Crippen LogP contribution < -0.4 is 10.6 Å². The molecule has 4 heteroatoms. The van der Waals surface area contributed by atoms with E-state index in [4.69, 9.17) is 4.74 Å². The van der Waals surface area contributed by atoms with Crippen LogP contribution in [0.1, 0.15) is 32.3 Å². The van der Waals surface area contributed by atoms with E-state index in [1.165, 1.54) is 5.56 Å². The molecule has 1 aliphatic rings. The Hall–Kier alpha value is -1.39. The molecule has 20 heavy (non-hydrogen) atoms. The number of rotatable bonds is 5. The summed E-state index contributed by atoms with van der Waals surface area (Å²) in [5.41, 5.74) is 2.06. The second-order valence-electron chi connectivity index (χ2n) is 5.61. The minimum Gasteiger partial charge on any atom is -0.381 e. The van der Waals surface area contributed by atoms with E-state index in [2.05, 4.69) is 30.5 Å². The Balaban J connectivity index is 1.91. The van der Waals surface area contributed by atoms with E-state index >= 15 is 0 Å². The lowest BCUT2D eigenvalue weighted by molar-refractivity contribution is -0.122. The first-order chi connectivity index (χ1) is 9.65. The van der Waals surface area contributed by atoms with Gasteiger partial charge in [0, 0.05) is 37.4 Å². The molecule has 0 aliphatic carbocycles. The smallest absolute Gasteiger partial charge is 0.227 e. The summed E-state index contributed by atoms with van der Waals surface area (Å²) < 4.78 is 5.29. The molecule has 4 nitrogen and oxygen atoms in total. The summed E-state index contributed by atoms with van der Waals surface area (Å²) in [6, 6.07) is 8.48. The number of ether oxygens (including phenoxy) is 1. The largest absolute Gasteiger partial charge is 0.381 e. The average molecular weight is 276 g/mol. The van der Waals surface area contributed by atoms with Crippen molar-refractivity contribution in [2.75, 3.05) is 18.5 Å². The monoisotopic (exact) mass is 276 g/mol. The van der Waals surface area contributed by atoms with E-state index in [1.807, 2.05) is 18.2 Å². The Labute approximate surface area is 120 Å². The van der Waals surface area contributed by atoms with Crippen LogP contribution in [0.25, 0.3) is 0 Å². The minimum absolute atomic E-state index is 0.0844. The second kappa shape index (κ2) is 7.41. The summed E-state index contributed by atoms with van der Waals surface area (Å²) in [5, 5.41) is 6.39. The molecule has 1 aliphatic heterocycles. The van der Waals surface area contributed by atoms with Crippen LogP contribution in [-0.4, -0.2) is 25.2 Å². The molecular weight excluding hydrogens is 252 g/mol. The predicted molar refractivity (Wildman–Crippen MR) is 80.6 cm³/mol. The van der Waals surface area contributed by atoms with Crippen LogP contribution >= 0.6 is 0 Å². The lowest BCUT2D eigenvalue weighted by Gasteiger charge is -2.21. The maximum Gasteiger partial charge on any atom is 0.227 e. The lowest BCUT2D eigenvalue weighted by Crippen LogP contribution is -2.28. The highest BCUT2D eigenvalue weighted by Crippen LogP contribution is 2.18. The molecule has 1 heterocycles. The summed E-state index contributed by atoms with van der Waals surface area (Å²) in [7, 11) is 0. The fourth-order valence-electron chi connectivity index (χ4n) is 2.29. The topological polar surface area (TPSA) is 50.4 Å². The number of carbonyl (C=O) groups is 1. The van der Waals surface area contributed by atoms with E-state index < -0.39 is 0 Å². The van der Waals surface area contributed by atoms with Gasteiger partial charge in [-0.05, 0) is 30.5 Å². The number of amides is 1. The molecule has 1 fully saturated rings. The van der Waals surface area contributed by atoms with Crippen LogP contribution in [-0.2, 0) is 16.1 Å². The molecule has 0 unspecified atom stereocenters. The Morgan fingerprint density at radius 3 is 2.80 bits per heavy atom. The third-order valence-corrected chi connectivity index (χ3v) is 3.50. The van der Waals surface area contributed by atoms with Gasteiger partial charge in [0.25, 0.3) is 0 Å². The van der Waals surface area contributed by atoms with Gasteiger partial charge < -0.3 is 15.4 Å². The maximum absolute atomic E-state index is 12.2. The number of nitrogens with one attached hydrogen (secondary N) is 2. The maximum atomic E-state index is 12.2. The molecule has 1 aromatic rings. The van der Waals surface area contributed by atoms with Crippen LogP contribution in [0, 0.1) is 5.92 Å². The van der Waals surface area contributed by atoms with Gasteiger partial charge in [-0.3, -0.25) is 4.79 Å². The molecule has 0 atom stereocenters. The number of benzene rings is 1. The van der Waals surface area contributed by atoms with Gasteiger partial charge in [-0.15, -0.1) is 0 Å². The Kier molecular flexibility index (Phi) is 5.56. The molecule has 0 radical (unpaired) electrons. The van der Waals surface area contributed by atoms with E-state index in [9.17, 15) is 4.79 Å². The summed E-state index contributed by atoms with van der Waals surface area (Å²) in [6.07, 6.45) is 1.64. The van der Waals surface area contributed by atoms with Crippen molar-refractivity contribution < 1.29 is 9.53 Å². The molecular formula is C16H24N2O2. The van der Waals surface area contributed by atoms with Gasteiger partial charge in [-0.25, -0.2) is 0 Å². The highest BCUT2D eigenvalue weighted by Gasteiger charge is 2.21. The second-order valence-corrected chi connectivity index (χ2v) is 5.61. The van der Waals surface area contributed by atoms with Crippen molar-refractivity contribution in [1.29, 1.82) is 0 Å². The van der Waals surface area contributed by atoms with Crippen molar-refractivity contribution in [3.8, 4) is 0 Å². The first-order valence-corrected chi connectivity index (χ1v) is 7.36. The Bertz CT molecular complexity index is 440. The third-order valence-electron chi connectivity index (χ3n) is 3.50. The van der Waals surface area contributed by atoms with Gasteiger partial charge in [0.15, 0.2) is 0 Å². The van der Waals surface area contributed by atoms with Crippen molar-refractivity contribution in [2.45, 2.75) is 39.3 Å².